The van der Waals surface area contributed by atoms with E-state index in [1.807, 2.05) is 24.3 Å². The molecule has 0 bridgehead atoms. The van der Waals surface area contributed by atoms with Crippen molar-refractivity contribution in [1.29, 1.82) is 0 Å². The Bertz CT molecular complexity index is 357. The van der Waals surface area contributed by atoms with Crippen LogP contribution in [0.4, 0.5) is 4.79 Å². The minimum absolute atomic E-state index is 0.437. The SMILES string of the molecule is CCCCCCOC(=O)Oc1ccc(CCC)cc1. The molecule has 0 aliphatic rings. The quantitative estimate of drug-likeness (QED) is 0.386. The molecule has 3 nitrogen and oxygen atoms in total. The van der Waals surface area contributed by atoms with Crippen molar-refractivity contribution in [3.63, 3.8) is 0 Å². The van der Waals surface area contributed by atoms with Gasteiger partial charge >= 0.3 is 6.16 Å². The van der Waals surface area contributed by atoms with Crippen LogP contribution in [0.1, 0.15) is 51.5 Å². The molecule has 0 atom stereocenters. The van der Waals surface area contributed by atoms with Gasteiger partial charge < -0.3 is 9.47 Å². The molecule has 1 aromatic carbocycles. The summed E-state index contributed by atoms with van der Waals surface area (Å²) in [6.07, 6.45) is 5.89. The minimum Gasteiger partial charge on any atom is -0.434 e. The molecule has 19 heavy (non-hydrogen) atoms. The number of aryl methyl sites for hydroxylation is 1. The van der Waals surface area contributed by atoms with Crippen LogP contribution in [0.5, 0.6) is 5.75 Å². The van der Waals surface area contributed by atoms with E-state index in [0.29, 0.717) is 12.4 Å². The molecule has 0 aromatic heterocycles. The monoisotopic (exact) mass is 264 g/mol. The number of ether oxygens (including phenoxy) is 2. The Kier molecular flexibility index (Phi) is 7.71. The standard InChI is InChI=1S/C16H24O3/c1-3-5-6-7-13-18-16(17)19-15-11-9-14(8-4-2)10-12-15/h9-12H,3-8,13H2,1-2H3. The van der Waals surface area contributed by atoms with Crippen LogP contribution in [0.2, 0.25) is 0 Å². The molecule has 0 aliphatic heterocycles. The van der Waals surface area contributed by atoms with Crippen LogP contribution in [0.3, 0.4) is 0 Å². The van der Waals surface area contributed by atoms with Crippen molar-refractivity contribution in [2.45, 2.75) is 52.4 Å². The molecule has 106 valence electrons. The van der Waals surface area contributed by atoms with Crippen molar-refractivity contribution in [2.24, 2.45) is 0 Å². The highest BCUT2D eigenvalue weighted by Gasteiger charge is 2.05. The molecule has 3 heteroatoms. The van der Waals surface area contributed by atoms with Crippen molar-refractivity contribution in [3.8, 4) is 5.75 Å². The van der Waals surface area contributed by atoms with E-state index in [0.717, 1.165) is 25.7 Å². The van der Waals surface area contributed by atoms with Crippen LogP contribution in [-0.2, 0) is 11.2 Å². The fraction of sp³-hybridized carbons (Fsp3) is 0.562. The summed E-state index contributed by atoms with van der Waals surface area (Å²) in [5.41, 5.74) is 1.25. The van der Waals surface area contributed by atoms with Gasteiger partial charge in [0.1, 0.15) is 5.75 Å². The maximum Gasteiger partial charge on any atom is 0.513 e. The highest BCUT2D eigenvalue weighted by atomic mass is 16.7. The zero-order valence-electron chi connectivity index (χ0n) is 12.0. The van der Waals surface area contributed by atoms with Crippen LogP contribution >= 0.6 is 0 Å². The van der Waals surface area contributed by atoms with Crippen molar-refractivity contribution < 1.29 is 14.3 Å². The van der Waals surface area contributed by atoms with Crippen molar-refractivity contribution >= 4 is 6.16 Å². The lowest BCUT2D eigenvalue weighted by molar-refractivity contribution is 0.0973. The summed E-state index contributed by atoms with van der Waals surface area (Å²) in [6, 6.07) is 7.58. The maximum absolute atomic E-state index is 11.4. The van der Waals surface area contributed by atoms with Gasteiger partial charge in [-0.2, -0.15) is 0 Å². The predicted octanol–water partition coefficient (Wildman–Crippen LogP) is 4.73. The fourth-order valence-corrected chi connectivity index (χ4v) is 1.82. The van der Waals surface area contributed by atoms with Crippen LogP contribution in [0.15, 0.2) is 24.3 Å². The van der Waals surface area contributed by atoms with E-state index < -0.39 is 6.16 Å². The zero-order valence-corrected chi connectivity index (χ0v) is 12.0. The molecule has 0 heterocycles. The summed E-state index contributed by atoms with van der Waals surface area (Å²) in [6.45, 7) is 4.73. The Labute approximate surface area is 115 Å². The van der Waals surface area contributed by atoms with Gasteiger partial charge in [-0.15, -0.1) is 0 Å². The number of carbonyl (C=O) groups is 1. The van der Waals surface area contributed by atoms with E-state index in [-0.39, 0.29) is 0 Å². The molecular formula is C16H24O3. The van der Waals surface area contributed by atoms with E-state index in [1.165, 1.54) is 18.4 Å². The third-order valence-electron chi connectivity index (χ3n) is 2.88. The molecule has 1 rings (SSSR count). The molecule has 0 fully saturated rings. The number of benzene rings is 1. The van der Waals surface area contributed by atoms with Crippen molar-refractivity contribution in [2.75, 3.05) is 6.61 Å². The summed E-state index contributed by atoms with van der Waals surface area (Å²) in [5, 5.41) is 0. The molecule has 0 saturated carbocycles. The fourth-order valence-electron chi connectivity index (χ4n) is 1.82. The first-order valence-electron chi connectivity index (χ1n) is 7.19. The van der Waals surface area contributed by atoms with Gasteiger partial charge in [0.2, 0.25) is 0 Å². The van der Waals surface area contributed by atoms with E-state index in [1.54, 1.807) is 0 Å². The number of rotatable bonds is 8. The molecule has 0 N–H and O–H groups in total. The molecule has 0 aliphatic carbocycles. The lowest BCUT2D eigenvalue weighted by Gasteiger charge is -2.06. The third-order valence-corrected chi connectivity index (χ3v) is 2.88. The first-order chi connectivity index (χ1) is 9.26. The molecule has 0 radical (unpaired) electrons. The number of carbonyl (C=O) groups excluding carboxylic acids is 1. The van der Waals surface area contributed by atoms with Gasteiger partial charge in [0, 0.05) is 0 Å². The number of hydrogen-bond acceptors (Lipinski definition) is 3. The average molecular weight is 264 g/mol. The van der Waals surface area contributed by atoms with Crippen molar-refractivity contribution in [1.82, 2.24) is 0 Å². The van der Waals surface area contributed by atoms with E-state index in [9.17, 15) is 4.79 Å². The first kappa shape index (κ1) is 15.5. The number of unbranched alkanes of at least 4 members (excludes halogenated alkanes) is 3. The van der Waals surface area contributed by atoms with Crippen molar-refractivity contribution in [3.05, 3.63) is 29.8 Å². The summed E-state index contributed by atoms with van der Waals surface area (Å²) in [7, 11) is 0. The molecule has 1 aromatic rings. The summed E-state index contributed by atoms with van der Waals surface area (Å²) in [4.78, 5) is 11.4. The Morgan fingerprint density at radius 2 is 1.74 bits per heavy atom. The summed E-state index contributed by atoms with van der Waals surface area (Å²) >= 11 is 0. The van der Waals surface area contributed by atoms with Gasteiger partial charge in [-0.25, -0.2) is 4.79 Å². The Balaban J connectivity index is 2.24. The van der Waals surface area contributed by atoms with E-state index in [2.05, 4.69) is 13.8 Å². The molecular weight excluding hydrogens is 240 g/mol. The average Bonchev–Trinajstić information content (AvgIpc) is 2.41. The molecule has 0 amide bonds. The molecule has 0 saturated heterocycles. The topological polar surface area (TPSA) is 35.5 Å². The van der Waals surface area contributed by atoms with Gasteiger partial charge in [0.25, 0.3) is 0 Å². The molecule has 0 spiro atoms. The van der Waals surface area contributed by atoms with Gasteiger partial charge in [-0.3, -0.25) is 0 Å². The number of hydrogen-bond donors (Lipinski definition) is 0. The normalized spacial score (nSPS) is 10.2. The van der Waals surface area contributed by atoms with Crippen LogP contribution in [0, 0.1) is 0 Å². The summed E-state index contributed by atoms with van der Waals surface area (Å²) in [5.74, 6) is 0.540. The Hall–Kier alpha value is -1.51. The van der Waals surface area contributed by atoms with Gasteiger partial charge in [-0.1, -0.05) is 51.7 Å². The van der Waals surface area contributed by atoms with Gasteiger partial charge in [0.05, 0.1) is 6.61 Å². The smallest absolute Gasteiger partial charge is 0.434 e. The Morgan fingerprint density at radius 1 is 1.00 bits per heavy atom. The second-order valence-electron chi connectivity index (χ2n) is 4.66. The van der Waals surface area contributed by atoms with Crippen LogP contribution in [-0.4, -0.2) is 12.8 Å². The van der Waals surface area contributed by atoms with Gasteiger partial charge in [0.15, 0.2) is 0 Å². The minimum atomic E-state index is -0.611. The highest BCUT2D eigenvalue weighted by Crippen LogP contribution is 2.14. The zero-order chi connectivity index (χ0) is 13.9. The van der Waals surface area contributed by atoms with E-state index >= 15 is 0 Å². The van der Waals surface area contributed by atoms with Crippen LogP contribution in [0.25, 0.3) is 0 Å². The Morgan fingerprint density at radius 3 is 2.37 bits per heavy atom. The predicted molar refractivity (Wildman–Crippen MR) is 76.6 cm³/mol. The first-order valence-corrected chi connectivity index (χ1v) is 7.19. The highest BCUT2D eigenvalue weighted by molar-refractivity contribution is 5.63. The largest absolute Gasteiger partial charge is 0.513 e. The van der Waals surface area contributed by atoms with E-state index in [4.69, 9.17) is 9.47 Å². The molecule has 0 unspecified atom stereocenters. The second kappa shape index (κ2) is 9.42. The summed E-state index contributed by atoms with van der Waals surface area (Å²) < 4.78 is 10.1. The van der Waals surface area contributed by atoms with Gasteiger partial charge in [-0.05, 0) is 30.5 Å². The third kappa shape index (κ3) is 6.85. The maximum atomic E-state index is 11.4. The second-order valence-corrected chi connectivity index (χ2v) is 4.66. The lowest BCUT2D eigenvalue weighted by atomic mass is 10.1. The lowest BCUT2D eigenvalue weighted by Crippen LogP contribution is -2.11. The van der Waals surface area contributed by atoms with Crippen LogP contribution < -0.4 is 4.74 Å².